The van der Waals surface area contributed by atoms with Crippen molar-refractivity contribution in [2.24, 2.45) is 10.7 Å². The zero-order chi connectivity index (χ0) is 10.4. The van der Waals surface area contributed by atoms with Crippen molar-refractivity contribution in [3.8, 4) is 0 Å². The van der Waals surface area contributed by atoms with Gasteiger partial charge in [0.2, 0.25) is 0 Å². The van der Waals surface area contributed by atoms with E-state index in [1.807, 2.05) is 11.8 Å². The topological polar surface area (TPSA) is 50.4 Å². The van der Waals surface area contributed by atoms with Crippen molar-refractivity contribution in [2.75, 3.05) is 19.8 Å². The SMILES string of the molecule is CN=C(N)NCC1(SC)CCCCC1. The molecule has 0 aromatic rings. The summed E-state index contributed by atoms with van der Waals surface area (Å²) in [6, 6.07) is 0. The van der Waals surface area contributed by atoms with Crippen LogP contribution in [0.15, 0.2) is 4.99 Å². The van der Waals surface area contributed by atoms with Crippen molar-refractivity contribution in [3.63, 3.8) is 0 Å². The first kappa shape index (κ1) is 11.7. The van der Waals surface area contributed by atoms with Gasteiger partial charge in [-0.15, -0.1) is 0 Å². The van der Waals surface area contributed by atoms with Crippen LogP contribution in [0.25, 0.3) is 0 Å². The second-order valence-corrected chi connectivity index (χ2v) is 5.18. The van der Waals surface area contributed by atoms with Crippen molar-refractivity contribution < 1.29 is 0 Å². The molecule has 0 bridgehead atoms. The van der Waals surface area contributed by atoms with E-state index in [0.717, 1.165) is 6.54 Å². The van der Waals surface area contributed by atoms with Crippen LogP contribution >= 0.6 is 11.8 Å². The molecule has 0 atom stereocenters. The standard InChI is InChI=1S/C10H21N3S/c1-12-9(11)13-8-10(14-2)6-4-3-5-7-10/h3-8H2,1-2H3,(H3,11,12,13). The van der Waals surface area contributed by atoms with Crippen LogP contribution in [0.5, 0.6) is 0 Å². The number of guanidine groups is 1. The Morgan fingerprint density at radius 1 is 1.43 bits per heavy atom. The molecule has 0 aromatic carbocycles. The van der Waals surface area contributed by atoms with Crippen LogP contribution in [0, 0.1) is 0 Å². The van der Waals surface area contributed by atoms with E-state index in [4.69, 9.17) is 5.73 Å². The van der Waals surface area contributed by atoms with Gasteiger partial charge in [-0.2, -0.15) is 11.8 Å². The molecule has 4 heteroatoms. The van der Waals surface area contributed by atoms with Crippen LogP contribution in [0.4, 0.5) is 0 Å². The van der Waals surface area contributed by atoms with Gasteiger partial charge in [0.1, 0.15) is 0 Å². The maximum Gasteiger partial charge on any atom is 0.188 e. The Labute approximate surface area is 90.9 Å². The number of nitrogens with zero attached hydrogens (tertiary/aromatic N) is 1. The van der Waals surface area contributed by atoms with Crippen LogP contribution in [0.3, 0.4) is 0 Å². The average molecular weight is 215 g/mol. The quantitative estimate of drug-likeness (QED) is 0.555. The number of hydrogen-bond acceptors (Lipinski definition) is 2. The molecule has 1 aliphatic rings. The molecule has 0 radical (unpaired) electrons. The molecule has 0 unspecified atom stereocenters. The predicted octanol–water partition coefficient (Wildman–Crippen LogP) is 1.59. The Bertz CT molecular complexity index is 198. The van der Waals surface area contributed by atoms with Crippen LogP contribution in [0.1, 0.15) is 32.1 Å². The minimum atomic E-state index is 0.396. The zero-order valence-corrected chi connectivity index (χ0v) is 9.99. The fraction of sp³-hybridized carbons (Fsp3) is 0.900. The van der Waals surface area contributed by atoms with Crippen LogP contribution < -0.4 is 11.1 Å². The third-order valence-electron chi connectivity index (χ3n) is 3.03. The summed E-state index contributed by atoms with van der Waals surface area (Å²) in [7, 11) is 1.72. The maximum absolute atomic E-state index is 5.63. The van der Waals surface area contributed by atoms with E-state index in [-0.39, 0.29) is 0 Å². The van der Waals surface area contributed by atoms with Crippen molar-refractivity contribution in [1.82, 2.24) is 5.32 Å². The van der Waals surface area contributed by atoms with E-state index in [1.54, 1.807) is 7.05 Å². The lowest BCUT2D eigenvalue weighted by atomic mass is 9.88. The van der Waals surface area contributed by atoms with Crippen molar-refractivity contribution >= 4 is 17.7 Å². The van der Waals surface area contributed by atoms with E-state index in [1.165, 1.54) is 32.1 Å². The van der Waals surface area contributed by atoms with Crippen LogP contribution in [-0.2, 0) is 0 Å². The predicted molar refractivity (Wildman–Crippen MR) is 64.9 cm³/mol. The highest BCUT2D eigenvalue weighted by Crippen LogP contribution is 2.37. The normalized spacial score (nSPS) is 22.0. The molecular formula is C10H21N3S. The molecule has 14 heavy (non-hydrogen) atoms. The lowest BCUT2D eigenvalue weighted by Crippen LogP contribution is -2.44. The average Bonchev–Trinajstić information content (AvgIpc) is 2.27. The van der Waals surface area contributed by atoms with Gasteiger partial charge in [0.25, 0.3) is 0 Å². The molecule has 1 rings (SSSR count). The van der Waals surface area contributed by atoms with E-state index >= 15 is 0 Å². The molecule has 0 saturated heterocycles. The Morgan fingerprint density at radius 2 is 2.07 bits per heavy atom. The number of rotatable bonds is 3. The zero-order valence-electron chi connectivity index (χ0n) is 9.18. The van der Waals surface area contributed by atoms with Gasteiger partial charge in [0.05, 0.1) is 0 Å². The van der Waals surface area contributed by atoms with Gasteiger partial charge < -0.3 is 11.1 Å². The van der Waals surface area contributed by atoms with Crippen molar-refractivity contribution in [1.29, 1.82) is 0 Å². The van der Waals surface area contributed by atoms with Gasteiger partial charge in [0.15, 0.2) is 5.96 Å². The minimum Gasteiger partial charge on any atom is -0.370 e. The second-order valence-electron chi connectivity index (χ2n) is 3.91. The molecular weight excluding hydrogens is 194 g/mol. The first-order valence-electron chi connectivity index (χ1n) is 5.24. The van der Waals surface area contributed by atoms with Gasteiger partial charge in [-0.25, -0.2) is 0 Å². The summed E-state index contributed by atoms with van der Waals surface area (Å²) in [5.41, 5.74) is 5.63. The molecule has 3 N–H and O–H groups in total. The van der Waals surface area contributed by atoms with Gasteiger partial charge in [-0.1, -0.05) is 19.3 Å². The third-order valence-corrected chi connectivity index (χ3v) is 4.45. The molecule has 1 fully saturated rings. The van der Waals surface area contributed by atoms with E-state index < -0.39 is 0 Å². The highest BCUT2D eigenvalue weighted by atomic mass is 32.2. The van der Waals surface area contributed by atoms with Gasteiger partial charge in [-0.3, -0.25) is 4.99 Å². The summed E-state index contributed by atoms with van der Waals surface area (Å²) in [6.45, 7) is 0.956. The molecule has 0 heterocycles. The summed E-state index contributed by atoms with van der Waals surface area (Å²) >= 11 is 1.97. The largest absolute Gasteiger partial charge is 0.370 e. The lowest BCUT2D eigenvalue weighted by molar-refractivity contribution is 0.395. The molecule has 1 aliphatic carbocycles. The fourth-order valence-corrected chi connectivity index (χ4v) is 2.89. The Balaban J connectivity index is 2.44. The fourth-order valence-electron chi connectivity index (χ4n) is 1.98. The summed E-state index contributed by atoms with van der Waals surface area (Å²) in [6.07, 6.45) is 8.90. The molecule has 0 amide bonds. The highest BCUT2D eigenvalue weighted by Gasteiger charge is 2.30. The molecule has 82 valence electrons. The van der Waals surface area contributed by atoms with Crippen LogP contribution in [-0.4, -0.2) is 30.6 Å². The Morgan fingerprint density at radius 3 is 2.57 bits per heavy atom. The van der Waals surface area contributed by atoms with Crippen LogP contribution in [0.2, 0.25) is 0 Å². The summed E-state index contributed by atoms with van der Waals surface area (Å²) in [4.78, 5) is 3.91. The van der Waals surface area contributed by atoms with Gasteiger partial charge in [-0.05, 0) is 19.1 Å². The minimum absolute atomic E-state index is 0.396. The second kappa shape index (κ2) is 5.49. The van der Waals surface area contributed by atoms with Crippen molar-refractivity contribution in [3.05, 3.63) is 0 Å². The van der Waals surface area contributed by atoms with E-state index in [2.05, 4.69) is 16.6 Å². The maximum atomic E-state index is 5.63. The molecule has 0 aromatic heterocycles. The van der Waals surface area contributed by atoms with Gasteiger partial charge >= 0.3 is 0 Å². The molecule has 3 nitrogen and oxygen atoms in total. The molecule has 0 spiro atoms. The number of nitrogens with two attached hydrogens (primary N) is 1. The monoisotopic (exact) mass is 215 g/mol. The summed E-state index contributed by atoms with van der Waals surface area (Å²) in [5.74, 6) is 0.559. The first-order chi connectivity index (χ1) is 6.72. The molecule has 0 aliphatic heterocycles. The number of thioether (sulfide) groups is 1. The number of aliphatic imine (C=N–C) groups is 1. The van der Waals surface area contributed by atoms with E-state index in [0.29, 0.717) is 10.7 Å². The molecule has 1 saturated carbocycles. The first-order valence-corrected chi connectivity index (χ1v) is 6.46. The number of hydrogen-bond donors (Lipinski definition) is 2. The highest BCUT2D eigenvalue weighted by molar-refractivity contribution is 8.00. The lowest BCUT2D eigenvalue weighted by Gasteiger charge is -2.35. The Kier molecular flexibility index (Phi) is 4.58. The third kappa shape index (κ3) is 3.08. The smallest absolute Gasteiger partial charge is 0.188 e. The van der Waals surface area contributed by atoms with E-state index in [9.17, 15) is 0 Å². The number of nitrogens with one attached hydrogen (secondary N) is 1. The van der Waals surface area contributed by atoms with Crippen molar-refractivity contribution in [2.45, 2.75) is 36.9 Å². The Hall–Kier alpha value is -0.380. The van der Waals surface area contributed by atoms with Gasteiger partial charge in [0, 0.05) is 18.3 Å². The summed E-state index contributed by atoms with van der Waals surface area (Å²) < 4.78 is 0.396. The summed E-state index contributed by atoms with van der Waals surface area (Å²) in [5, 5.41) is 3.20.